The highest BCUT2D eigenvalue weighted by Crippen LogP contribution is 2.26. The number of likely N-dealkylation sites (tertiary alicyclic amines) is 1. The maximum Gasteiger partial charge on any atom is 0.534 e. The van der Waals surface area contributed by atoms with Gasteiger partial charge in [-0.15, -0.1) is 0 Å². The third-order valence-corrected chi connectivity index (χ3v) is 6.75. The number of hydrogen-bond donors (Lipinski definition) is 0. The van der Waals surface area contributed by atoms with Crippen LogP contribution in [0.5, 0.6) is 0 Å². The Kier molecular flexibility index (Phi) is 9.63. The van der Waals surface area contributed by atoms with Crippen LogP contribution < -0.4 is 0 Å². The summed E-state index contributed by atoms with van der Waals surface area (Å²) in [4.78, 5) is 41.5. The molecule has 0 bridgehead atoms. The number of Topliss-reactive ketones (excluding diaryl/α,β-unsaturated/α-hetero) is 1. The number of piperidine rings is 1. The lowest BCUT2D eigenvalue weighted by Gasteiger charge is -2.43. The van der Waals surface area contributed by atoms with E-state index in [-0.39, 0.29) is 17.7 Å². The van der Waals surface area contributed by atoms with Gasteiger partial charge < -0.3 is 19.4 Å². The van der Waals surface area contributed by atoms with Crippen LogP contribution in [-0.2, 0) is 14.4 Å². The van der Waals surface area contributed by atoms with Crippen molar-refractivity contribution in [1.82, 2.24) is 14.9 Å². The predicted octanol–water partition coefficient (Wildman–Crippen LogP) is 4.63. The minimum Gasteiger partial charge on any atom is -0.427 e. The van der Waals surface area contributed by atoms with Crippen LogP contribution in [0.15, 0.2) is 4.99 Å². The highest BCUT2D eigenvalue weighted by atomic mass is 16.8. The van der Waals surface area contributed by atoms with Gasteiger partial charge >= 0.3 is 6.16 Å². The number of ether oxygens (including phenoxy) is 1. The van der Waals surface area contributed by atoms with E-state index in [2.05, 4.69) is 18.7 Å². The summed E-state index contributed by atoms with van der Waals surface area (Å²) in [5, 5.41) is 1.49. The van der Waals surface area contributed by atoms with Crippen LogP contribution in [0.1, 0.15) is 92.4 Å². The van der Waals surface area contributed by atoms with Gasteiger partial charge in [-0.25, -0.2) is 9.79 Å². The number of guanidine groups is 1. The molecule has 0 aromatic carbocycles. The zero-order chi connectivity index (χ0) is 24.7. The van der Waals surface area contributed by atoms with Gasteiger partial charge in [-0.2, -0.15) is 5.06 Å². The third kappa shape index (κ3) is 8.14. The zero-order valence-corrected chi connectivity index (χ0v) is 22.1. The van der Waals surface area contributed by atoms with E-state index in [1.807, 2.05) is 25.7 Å². The van der Waals surface area contributed by atoms with E-state index in [0.29, 0.717) is 25.5 Å². The molecule has 0 aromatic rings. The molecule has 0 radical (unpaired) electrons. The molecule has 0 unspecified atom stereocenters. The van der Waals surface area contributed by atoms with Crippen molar-refractivity contribution >= 4 is 17.9 Å². The third-order valence-electron chi connectivity index (χ3n) is 6.75. The minimum absolute atomic E-state index is 0.0681. The van der Waals surface area contributed by atoms with Gasteiger partial charge in [0.05, 0.1) is 12.6 Å². The summed E-state index contributed by atoms with van der Waals surface area (Å²) in [7, 11) is 0. The largest absolute Gasteiger partial charge is 0.534 e. The first-order valence-corrected chi connectivity index (χ1v) is 13.4. The number of nitrogens with zero attached hydrogens (tertiary/aromatic N) is 4. The lowest BCUT2D eigenvalue weighted by molar-refractivity contribution is -0.156. The fourth-order valence-electron chi connectivity index (χ4n) is 5.04. The molecule has 0 amide bonds. The molecule has 1 saturated carbocycles. The molecule has 34 heavy (non-hydrogen) atoms. The molecule has 1 aliphatic carbocycles. The number of rotatable bonds is 7. The Balaban J connectivity index is 1.87. The molecule has 8 heteroatoms. The zero-order valence-electron chi connectivity index (χ0n) is 22.1. The average molecular weight is 479 g/mol. The van der Waals surface area contributed by atoms with Gasteiger partial charge in [0.1, 0.15) is 11.6 Å². The molecule has 2 saturated heterocycles. The Morgan fingerprint density at radius 1 is 1.03 bits per heavy atom. The van der Waals surface area contributed by atoms with Crippen LogP contribution in [-0.4, -0.2) is 83.2 Å². The van der Waals surface area contributed by atoms with Gasteiger partial charge in [0.2, 0.25) is 5.96 Å². The Bertz CT molecular complexity index is 706. The second-order valence-electron chi connectivity index (χ2n) is 11.5. The normalized spacial score (nSPS) is 24.7. The minimum atomic E-state index is -0.789. The van der Waals surface area contributed by atoms with Crippen molar-refractivity contribution in [3.05, 3.63) is 0 Å². The molecule has 3 rings (SSSR count). The molecule has 194 valence electrons. The van der Waals surface area contributed by atoms with Crippen molar-refractivity contribution in [3.63, 3.8) is 0 Å². The molecule has 3 fully saturated rings. The maximum absolute atomic E-state index is 13.3. The number of ketones is 1. The molecular weight excluding hydrogens is 432 g/mol. The molecule has 3 aliphatic rings. The van der Waals surface area contributed by atoms with Gasteiger partial charge in [-0.1, -0.05) is 39.5 Å². The molecule has 0 N–H and O–H groups in total. The first-order chi connectivity index (χ1) is 16.1. The number of carbonyl (C=O) groups is 2. The SMILES string of the molecule is CC(C)C[C@H]1C(=O)CN(CCN2CCCCC2)C(=NC2CCCCC2)N1OC(=O)OC(C)(C)C. The Morgan fingerprint density at radius 3 is 2.29 bits per heavy atom. The molecular formula is C26H46N4O4. The number of hydrogen-bond acceptors (Lipinski definition) is 6. The Labute approximate surface area is 206 Å². The van der Waals surface area contributed by atoms with Crippen molar-refractivity contribution in [2.45, 2.75) is 110 Å². The molecule has 0 aromatic heterocycles. The monoisotopic (exact) mass is 478 g/mol. The summed E-state index contributed by atoms with van der Waals surface area (Å²) in [6.07, 6.45) is 9.20. The summed E-state index contributed by atoms with van der Waals surface area (Å²) in [6, 6.07) is -0.347. The summed E-state index contributed by atoms with van der Waals surface area (Å²) in [6.45, 7) is 13.7. The fraction of sp³-hybridized carbons (Fsp3) is 0.885. The van der Waals surface area contributed by atoms with Crippen molar-refractivity contribution in [2.75, 3.05) is 32.7 Å². The predicted molar refractivity (Wildman–Crippen MR) is 134 cm³/mol. The van der Waals surface area contributed by atoms with Crippen molar-refractivity contribution < 1.29 is 19.2 Å². The number of hydroxylamine groups is 2. The number of carbonyl (C=O) groups excluding carboxylic acids is 2. The van der Waals surface area contributed by atoms with Crippen molar-refractivity contribution in [1.29, 1.82) is 0 Å². The van der Waals surface area contributed by atoms with Gasteiger partial charge in [0, 0.05) is 13.1 Å². The Morgan fingerprint density at radius 2 is 1.68 bits per heavy atom. The average Bonchev–Trinajstić information content (AvgIpc) is 2.77. The fourth-order valence-corrected chi connectivity index (χ4v) is 5.04. The highest BCUT2D eigenvalue weighted by Gasteiger charge is 2.42. The lowest BCUT2D eigenvalue weighted by Crippen LogP contribution is -2.62. The first-order valence-electron chi connectivity index (χ1n) is 13.4. The molecule has 2 aliphatic heterocycles. The van der Waals surface area contributed by atoms with Gasteiger partial charge in [0.25, 0.3) is 0 Å². The second-order valence-corrected chi connectivity index (χ2v) is 11.5. The van der Waals surface area contributed by atoms with E-state index >= 15 is 0 Å². The summed E-state index contributed by atoms with van der Waals surface area (Å²) in [5.74, 6) is 0.966. The maximum atomic E-state index is 13.3. The smallest absolute Gasteiger partial charge is 0.427 e. The summed E-state index contributed by atoms with van der Waals surface area (Å²) >= 11 is 0. The van der Waals surface area contributed by atoms with E-state index in [1.165, 1.54) is 30.7 Å². The van der Waals surface area contributed by atoms with E-state index < -0.39 is 17.8 Å². The molecule has 2 heterocycles. The molecule has 1 atom stereocenters. The van der Waals surface area contributed by atoms with Crippen LogP contribution in [0.4, 0.5) is 4.79 Å². The van der Waals surface area contributed by atoms with Crippen molar-refractivity contribution in [3.8, 4) is 0 Å². The number of aliphatic imine (C=N–C) groups is 1. The molecule has 0 spiro atoms. The van der Waals surface area contributed by atoms with Gasteiger partial charge in [-0.3, -0.25) is 4.79 Å². The quantitative estimate of drug-likeness (QED) is 0.494. The van der Waals surface area contributed by atoms with Gasteiger partial charge in [-0.05, 0) is 71.9 Å². The summed E-state index contributed by atoms with van der Waals surface area (Å²) in [5.41, 5.74) is -0.681. The van der Waals surface area contributed by atoms with E-state index in [0.717, 1.165) is 45.3 Å². The standard InChI is InChI=1S/C26H46N4O4/c1-20(2)18-22-23(31)19-29(17-16-28-14-10-7-11-15-28)24(27-21-12-8-6-9-13-21)30(22)34-25(32)33-26(3,4)5/h20-22H,6-19H2,1-5H3/t22-/m0/s1. The van der Waals surface area contributed by atoms with E-state index in [1.54, 1.807) is 0 Å². The van der Waals surface area contributed by atoms with E-state index in [9.17, 15) is 9.59 Å². The second kappa shape index (κ2) is 12.2. The Hall–Kier alpha value is -1.83. The van der Waals surface area contributed by atoms with E-state index in [4.69, 9.17) is 14.6 Å². The van der Waals surface area contributed by atoms with Crippen LogP contribution in [0, 0.1) is 5.92 Å². The topological polar surface area (TPSA) is 74.7 Å². The van der Waals surface area contributed by atoms with Crippen LogP contribution in [0.3, 0.4) is 0 Å². The van der Waals surface area contributed by atoms with Crippen LogP contribution in [0.2, 0.25) is 0 Å². The van der Waals surface area contributed by atoms with Crippen molar-refractivity contribution in [2.24, 2.45) is 10.9 Å². The highest BCUT2D eigenvalue weighted by molar-refractivity contribution is 5.97. The van der Waals surface area contributed by atoms with Gasteiger partial charge in [0.15, 0.2) is 5.78 Å². The lowest BCUT2D eigenvalue weighted by atomic mass is 9.95. The first kappa shape index (κ1) is 26.8. The van der Waals surface area contributed by atoms with Crippen LogP contribution >= 0.6 is 0 Å². The molecule has 8 nitrogen and oxygen atoms in total. The van der Waals surface area contributed by atoms with Crippen LogP contribution in [0.25, 0.3) is 0 Å². The summed E-state index contributed by atoms with van der Waals surface area (Å²) < 4.78 is 5.46.